The molecule has 2 aliphatic heterocycles. The van der Waals surface area contributed by atoms with Crippen LogP contribution in [0.2, 0.25) is 0 Å². The summed E-state index contributed by atoms with van der Waals surface area (Å²) in [5, 5.41) is 11.5. The molecule has 0 aromatic carbocycles. The zero-order chi connectivity index (χ0) is 15.7. The molecule has 0 N–H and O–H groups in total. The molecule has 120 valence electrons. The van der Waals surface area contributed by atoms with Gasteiger partial charge in [-0.3, -0.25) is 14.7 Å². The highest BCUT2D eigenvalue weighted by Gasteiger charge is 2.72. The second-order valence-electron chi connectivity index (χ2n) is 4.42. The summed E-state index contributed by atoms with van der Waals surface area (Å²) in [6.45, 7) is -0.112. The maximum Gasteiger partial charge on any atom is 0.345 e. The van der Waals surface area contributed by atoms with Crippen LogP contribution < -0.4 is 0 Å². The van der Waals surface area contributed by atoms with Gasteiger partial charge < -0.3 is 13.8 Å². The molecule has 0 aromatic heterocycles. The fourth-order valence-electron chi connectivity index (χ4n) is 2.41. The average molecular weight is 425 g/mol. The van der Waals surface area contributed by atoms with Crippen molar-refractivity contribution in [3.05, 3.63) is 22.3 Å². The van der Waals surface area contributed by atoms with Crippen LogP contribution in [0.4, 0.5) is 0 Å². The molecule has 0 radical (unpaired) electrons. The lowest BCUT2D eigenvalue weighted by atomic mass is 10.0. The predicted molar refractivity (Wildman–Crippen MR) is 81.2 cm³/mol. The molecule has 2 heterocycles. The number of ether oxygens (including phenoxy) is 1. The van der Waals surface area contributed by atoms with Gasteiger partial charge in [-0.05, 0) is 6.08 Å². The Hall–Kier alpha value is 0.310. The van der Waals surface area contributed by atoms with Crippen LogP contribution in [0.1, 0.15) is 0 Å². The van der Waals surface area contributed by atoms with Gasteiger partial charge in [-0.2, -0.15) is 0 Å². The number of fused-ring (bicyclic) bond motifs is 2. The highest BCUT2D eigenvalue weighted by Crippen LogP contribution is 2.65. The summed E-state index contributed by atoms with van der Waals surface area (Å²) in [6, 6.07) is 0. The van der Waals surface area contributed by atoms with Gasteiger partial charge in [-0.25, -0.2) is 0 Å². The molecule has 2 rings (SSSR count). The number of hydrogen-bond acceptors (Lipinski definition) is 6. The molecular formula is C10H13BrCl2NO6P. The van der Waals surface area contributed by atoms with Crippen molar-refractivity contribution in [2.75, 3.05) is 25.0 Å². The van der Waals surface area contributed by atoms with Crippen molar-refractivity contribution in [3.63, 3.8) is 0 Å². The van der Waals surface area contributed by atoms with E-state index in [2.05, 4.69) is 15.9 Å². The van der Waals surface area contributed by atoms with E-state index in [1.165, 1.54) is 0 Å². The predicted octanol–water partition coefficient (Wildman–Crippen LogP) is 2.76. The minimum Gasteiger partial charge on any atom is -0.357 e. The van der Waals surface area contributed by atoms with Gasteiger partial charge in [-0.1, -0.05) is 6.08 Å². The van der Waals surface area contributed by atoms with Crippen LogP contribution >= 0.6 is 46.7 Å². The maximum absolute atomic E-state index is 13.0. The van der Waals surface area contributed by atoms with E-state index >= 15 is 0 Å². The summed E-state index contributed by atoms with van der Waals surface area (Å²) in [4.78, 5) is 10.9. The lowest BCUT2D eigenvalue weighted by Crippen LogP contribution is -2.50. The first kappa shape index (κ1) is 17.7. The van der Waals surface area contributed by atoms with Crippen molar-refractivity contribution in [1.82, 2.24) is 0 Å². The molecule has 4 unspecified atom stereocenters. The Bertz CT molecular complexity index is 482. The van der Waals surface area contributed by atoms with E-state index in [9.17, 15) is 14.7 Å². The molecule has 7 nitrogen and oxygen atoms in total. The van der Waals surface area contributed by atoms with E-state index in [0.717, 1.165) is 0 Å². The fraction of sp³-hybridized carbons (Fsp3) is 0.800. The number of rotatable bonds is 8. The topological polar surface area (TPSA) is 87.9 Å². The highest BCUT2D eigenvalue weighted by atomic mass is 79.9. The van der Waals surface area contributed by atoms with Crippen LogP contribution in [-0.2, 0) is 18.3 Å². The summed E-state index contributed by atoms with van der Waals surface area (Å²) in [6.07, 6.45) is 1.62. The van der Waals surface area contributed by atoms with Crippen molar-refractivity contribution in [2.45, 2.75) is 22.3 Å². The van der Waals surface area contributed by atoms with Gasteiger partial charge in [0.25, 0.3) is 0 Å². The molecule has 0 spiro atoms. The molecule has 4 atom stereocenters. The normalized spacial score (nSPS) is 34.5. The Labute approximate surface area is 139 Å². The van der Waals surface area contributed by atoms with Crippen LogP contribution in [0, 0.1) is 10.1 Å². The number of nitrogens with zero attached hydrogens (tertiary/aromatic N) is 1. The first-order chi connectivity index (χ1) is 9.90. The third-order valence-electron chi connectivity index (χ3n) is 3.22. The lowest BCUT2D eigenvalue weighted by Gasteiger charge is -2.31. The molecular weight excluding hydrogens is 412 g/mol. The van der Waals surface area contributed by atoms with Gasteiger partial charge in [0.1, 0.15) is 0 Å². The Morgan fingerprint density at radius 2 is 1.90 bits per heavy atom. The standard InChI is InChI=1S/C10H13BrCl2NO6P/c11-10(14(15)16)8-2-1-7(20-8)9(10)21(17,18-5-3-12)19-6-4-13/h1-2,7-9H,3-6H2. The van der Waals surface area contributed by atoms with Crippen molar-refractivity contribution < 1.29 is 23.3 Å². The van der Waals surface area contributed by atoms with Gasteiger partial charge in [0.2, 0.25) is 0 Å². The first-order valence-electron chi connectivity index (χ1n) is 6.08. The van der Waals surface area contributed by atoms with E-state index in [1.807, 2.05) is 0 Å². The third kappa shape index (κ3) is 3.04. The molecule has 1 saturated heterocycles. The molecule has 2 aliphatic rings. The second kappa shape index (κ2) is 6.83. The molecule has 21 heavy (non-hydrogen) atoms. The Morgan fingerprint density at radius 1 is 1.33 bits per heavy atom. The number of nitro groups is 1. The van der Waals surface area contributed by atoms with E-state index < -0.39 is 34.8 Å². The average Bonchev–Trinajstić information content (AvgIpc) is 3.02. The van der Waals surface area contributed by atoms with Gasteiger partial charge in [0.05, 0.1) is 19.3 Å². The second-order valence-corrected chi connectivity index (χ2v) is 8.60. The Balaban J connectivity index is 2.35. The van der Waals surface area contributed by atoms with Crippen molar-refractivity contribution in [1.29, 1.82) is 0 Å². The molecule has 11 heteroatoms. The van der Waals surface area contributed by atoms with Crippen LogP contribution in [0.15, 0.2) is 12.2 Å². The molecule has 1 fully saturated rings. The van der Waals surface area contributed by atoms with Crippen LogP contribution in [0.25, 0.3) is 0 Å². The molecule has 0 aromatic rings. The van der Waals surface area contributed by atoms with E-state index in [1.54, 1.807) is 12.2 Å². The largest absolute Gasteiger partial charge is 0.357 e. The number of hydrogen-bond donors (Lipinski definition) is 0. The summed E-state index contributed by atoms with van der Waals surface area (Å²) in [7, 11) is -3.85. The zero-order valence-electron chi connectivity index (χ0n) is 10.7. The van der Waals surface area contributed by atoms with Crippen molar-refractivity contribution >= 4 is 46.7 Å². The quantitative estimate of drug-likeness (QED) is 0.149. The van der Waals surface area contributed by atoms with Crippen molar-refractivity contribution in [2.24, 2.45) is 0 Å². The van der Waals surface area contributed by atoms with Gasteiger partial charge in [-0.15, -0.1) is 23.2 Å². The first-order valence-corrected chi connectivity index (χ1v) is 9.55. The van der Waals surface area contributed by atoms with Gasteiger partial charge in [0.15, 0.2) is 11.8 Å². The van der Waals surface area contributed by atoms with E-state index in [4.69, 9.17) is 37.0 Å². The van der Waals surface area contributed by atoms with Crippen LogP contribution in [0.3, 0.4) is 0 Å². The van der Waals surface area contributed by atoms with E-state index in [0.29, 0.717) is 0 Å². The Kier molecular flexibility index (Phi) is 5.74. The molecule has 0 saturated carbocycles. The lowest BCUT2D eigenvalue weighted by molar-refractivity contribution is -0.537. The molecule has 0 aliphatic carbocycles. The van der Waals surface area contributed by atoms with Gasteiger partial charge >= 0.3 is 12.0 Å². The van der Waals surface area contributed by atoms with E-state index in [-0.39, 0.29) is 25.0 Å². The summed E-state index contributed by atoms with van der Waals surface area (Å²) in [5.41, 5.74) is -1.11. The molecule has 2 bridgehead atoms. The van der Waals surface area contributed by atoms with Crippen molar-refractivity contribution in [3.8, 4) is 0 Å². The number of alkyl halides is 3. The highest BCUT2D eigenvalue weighted by molar-refractivity contribution is 9.10. The monoisotopic (exact) mass is 423 g/mol. The summed E-state index contributed by atoms with van der Waals surface area (Å²) >= 11 is 14.2. The summed E-state index contributed by atoms with van der Waals surface area (Å²) < 4.78 is 27.3. The smallest absolute Gasteiger partial charge is 0.345 e. The Morgan fingerprint density at radius 3 is 2.38 bits per heavy atom. The van der Waals surface area contributed by atoms with Crippen LogP contribution in [0.5, 0.6) is 0 Å². The fourth-order valence-corrected chi connectivity index (χ4v) is 6.36. The zero-order valence-corrected chi connectivity index (χ0v) is 14.7. The van der Waals surface area contributed by atoms with Crippen LogP contribution in [-0.4, -0.2) is 52.2 Å². The molecule has 0 amide bonds. The minimum atomic E-state index is -3.85. The number of halogens is 3. The summed E-state index contributed by atoms with van der Waals surface area (Å²) in [5.74, 6) is 0.166. The van der Waals surface area contributed by atoms with Gasteiger partial charge in [0, 0.05) is 32.6 Å². The maximum atomic E-state index is 13.0. The SMILES string of the molecule is O=[N+]([O-])C1(Br)C2C=CC(O2)C1P(=O)(OCCCl)OCCCl. The minimum absolute atomic E-state index is 0.0560. The third-order valence-corrected chi connectivity index (χ3v) is 7.57.